The predicted octanol–water partition coefficient (Wildman–Crippen LogP) is 3.38. The van der Waals surface area contributed by atoms with E-state index in [-0.39, 0.29) is 0 Å². The smallest absolute Gasteiger partial charge is 0.316 e. The normalized spacial score (nSPS) is 10.8. The SMILES string of the molecule is NC(=O)Nc1ccccc1-c1[nH]ncc1-c1nc2ccccc2o1. The van der Waals surface area contributed by atoms with Gasteiger partial charge in [-0.25, -0.2) is 9.78 Å². The Kier molecular flexibility index (Phi) is 3.24. The molecule has 4 rings (SSSR count). The molecule has 0 aliphatic rings. The van der Waals surface area contributed by atoms with Crippen molar-refractivity contribution in [3.63, 3.8) is 0 Å². The third kappa shape index (κ3) is 2.38. The van der Waals surface area contributed by atoms with E-state index in [1.807, 2.05) is 42.5 Å². The number of para-hydroxylation sites is 3. The molecule has 7 nitrogen and oxygen atoms in total. The Morgan fingerprint density at radius 1 is 1.08 bits per heavy atom. The summed E-state index contributed by atoms with van der Waals surface area (Å²) in [6.45, 7) is 0. The van der Waals surface area contributed by atoms with Crippen LogP contribution >= 0.6 is 0 Å². The second kappa shape index (κ2) is 5.54. The lowest BCUT2D eigenvalue weighted by molar-refractivity contribution is 0.259. The van der Waals surface area contributed by atoms with E-state index in [4.69, 9.17) is 10.2 Å². The molecule has 2 aromatic carbocycles. The van der Waals surface area contributed by atoms with Gasteiger partial charge in [-0.15, -0.1) is 0 Å². The van der Waals surface area contributed by atoms with Gasteiger partial charge in [0.15, 0.2) is 5.58 Å². The Bertz CT molecular complexity index is 1000. The highest BCUT2D eigenvalue weighted by atomic mass is 16.3. The number of urea groups is 1. The maximum absolute atomic E-state index is 11.2. The zero-order chi connectivity index (χ0) is 16.5. The highest BCUT2D eigenvalue weighted by molar-refractivity contribution is 5.95. The molecule has 7 heteroatoms. The van der Waals surface area contributed by atoms with Crippen LogP contribution in [0.3, 0.4) is 0 Å². The number of carbonyl (C=O) groups is 1. The molecule has 0 radical (unpaired) electrons. The van der Waals surface area contributed by atoms with Crippen LogP contribution in [-0.4, -0.2) is 21.2 Å². The quantitative estimate of drug-likeness (QED) is 0.537. The summed E-state index contributed by atoms with van der Waals surface area (Å²) >= 11 is 0. The summed E-state index contributed by atoms with van der Waals surface area (Å²) in [5, 5.41) is 9.64. The van der Waals surface area contributed by atoms with Crippen LogP contribution in [0.2, 0.25) is 0 Å². The number of nitrogens with two attached hydrogens (primary N) is 1. The topological polar surface area (TPSA) is 110 Å². The maximum atomic E-state index is 11.2. The fourth-order valence-corrected chi connectivity index (χ4v) is 2.58. The second-order valence-electron chi connectivity index (χ2n) is 5.18. The summed E-state index contributed by atoms with van der Waals surface area (Å²) in [6, 6.07) is 14.2. The number of H-pyrrole nitrogens is 1. The molecule has 118 valence electrons. The summed E-state index contributed by atoms with van der Waals surface area (Å²) < 4.78 is 5.81. The van der Waals surface area contributed by atoms with Crippen molar-refractivity contribution in [3.05, 3.63) is 54.7 Å². The number of hydrogen-bond acceptors (Lipinski definition) is 4. The van der Waals surface area contributed by atoms with Crippen LogP contribution in [0.5, 0.6) is 0 Å². The minimum atomic E-state index is -0.634. The average Bonchev–Trinajstić information content (AvgIpc) is 3.21. The van der Waals surface area contributed by atoms with E-state index in [2.05, 4.69) is 20.5 Å². The first kappa shape index (κ1) is 14.0. The largest absolute Gasteiger partial charge is 0.436 e. The molecule has 0 saturated heterocycles. The Hall–Kier alpha value is -3.61. The number of aromatic amines is 1. The Labute approximate surface area is 136 Å². The van der Waals surface area contributed by atoms with Gasteiger partial charge in [-0.2, -0.15) is 5.10 Å². The fraction of sp³-hybridized carbons (Fsp3) is 0. The van der Waals surface area contributed by atoms with Gasteiger partial charge < -0.3 is 15.5 Å². The summed E-state index contributed by atoms with van der Waals surface area (Å²) in [5.74, 6) is 0.453. The average molecular weight is 319 g/mol. The number of nitrogens with zero attached hydrogens (tertiary/aromatic N) is 2. The molecule has 0 spiro atoms. The predicted molar refractivity (Wildman–Crippen MR) is 90.2 cm³/mol. The Balaban J connectivity index is 1.85. The third-order valence-electron chi connectivity index (χ3n) is 3.62. The number of oxazole rings is 1. The maximum Gasteiger partial charge on any atom is 0.316 e. The van der Waals surface area contributed by atoms with E-state index in [9.17, 15) is 4.79 Å². The summed E-state index contributed by atoms with van der Waals surface area (Å²) in [7, 11) is 0. The minimum Gasteiger partial charge on any atom is -0.436 e. The van der Waals surface area contributed by atoms with E-state index in [0.717, 1.165) is 11.1 Å². The van der Waals surface area contributed by atoms with Crippen LogP contribution in [0.1, 0.15) is 0 Å². The molecule has 2 amide bonds. The molecule has 0 bridgehead atoms. The van der Waals surface area contributed by atoms with E-state index >= 15 is 0 Å². The van der Waals surface area contributed by atoms with Crippen molar-refractivity contribution in [1.82, 2.24) is 15.2 Å². The van der Waals surface area contributed by atoms with Crippen molar-refractivity contribution in [3.8, 4) is 22.7 Å². The molecule has 0 fully saturated rings. The first-order chi connectivity index (χ1) is 11.7. The molecular formula is C17H13N5O2. The van der Waals surface area contributed by atoms with Crippen molar-refractivity contribution >= 4 is 22.8 Å². The number of benzene rings is 2. The number of primary amides is 1. The number of carbonyl (C=O) groups excluding carboxylic acids is 1. The van der Waals surface area contributed by atoms with Crippen molar-refractivity contribution < 1.29 is 9.21 Å². The highest BCUT2D eigenvalue weighted by Gasteiger charge is 2.18. The number of fused-ring (bicyclic) bond motifs is 1. The van der Waals surface area contributed by atoms with Crippen LogP contribution in [-0.2, 0) is 0 Å². The van der Waals surface area contributed by atoms with Crippen LogP contribution < -0.4 is 11.1 Å². The summed E-state index contributed by atoms with van der Waals surface area (Å²) in [6.07, 6.45) is 1.64. The summed E-state index contributed by atoms with van der Waals surface area (Å²) in [4.78, 5) is 15.7. The number of aromatic nitrogens is 3. The summed E-state index contributed by atoms with van der Waals surface area (Å²) in [5.41, 5.74) is 9.41. The van der Waals surface area contributed by atoms with E-state index in [1.54, 1.807) is 12.3 Å². The van der Waals surface area contributed by atoms with Gasteiger partial charge in [-0.05, 0) is 18.2 Å². The lowest BCUT2D eigenvalue weighted by atomic mass is 10.1. The van der Waals surface area contributed by atoms with Crippen molar-refractivity contribution in [2.24, 2.45) is 5.73 Å². The molecule has 0 unspecified atom stereocenters. The van der Waals surface area contributed by atoms with Crippen molar-refractivity contribution in [1.29, 1.82) is 0 Å². The molecule has 0 saturated carbocycles. The Morgan fingerprint density at radius 2 is 1.88 bits per heavy atom. The standard InChI is InChI=1S/C17H13N5O2/c18-17(23)21-12-6-2-1-5-10(12)15-11(9-19-22-15)16-20-13-7-3-4-8-14(13)24-16/h1-9H,(H,19,22)(H3,18,21,23). The van der Waals surface area contributed by atoms with Gasteiger partial charge in [-0.1, -0.05) is 30.3 Å². The van der Waals surface area contributed by atoms with Gasteiger partial charge in [0.25, 0.3) is 0 Å². The van der Waals surface area contributed by atoms with Crippen LogP contribution in [0, 0.1) is 0 Å². The molecule has 0 atom stereocenters. The monoisotopic (exact) mass is 319 g/mol. The number of amides is 2. The zero-order valence-electron chi connectivity index (χ0n) is 12.5. The number of hydrogen-bond donors (Lipinski definition) is 3. The van der Waals surface area contributed by atoms with Crippen molar-refractivity contribution in [2.75, 3.05) is 5.32 Å². The van der Waals surface area contributed by atoms with E-state index in [0.29, 0.717) is 28.4 Å². The van der Waals surface area contributed by atoms with E-state index in [1.165, 1.54) is 0 Å². The number of anilines is 1. The van der Waals surface area contributed by atoms with Gasteiger partial charge in [0.05, 0.1) is 23.1 Å². The lowest BCUT2D eigenvalue weighted by Gasteiger charge is -2.08. The van der Waals surface area contributed by atoms with Gasteiger partial charge in [0, 0.05) is 5.56 Å². The van der Waals surface area contributed by atoms with E-state index < -0.39 is 6.03 Å². The molecule has 2 aromatic heterocycles. The molecule has 4 aromatic rings. The van der Waals surface area contributed by atoms with Gasteiger partial charge in [-0.3, -0.25) is 5.10 Å². The molecule has 0 aliphatic carbocycles. The van der Waals surface area contributed by atoms with Gasteiger partial charge in [0.1, 0.15) is 5.52 Å². The first-order valence-electron chi connectivity index (χ1n) is 7.27. The number of rotatable bonds is 3. The number of nitrogens with one attached hydrogen (secondary N) is 2. The van der Waals surface area contributed by atoms with Gasteiger partial charge in [0.2, 0.25) is 5.89 Å². The molecule has 2 heterocycles. The molecular weight excluding hydrogens is 306 g/mol. The van der Waals surface area contributed by atoms with Crippen LogP contribution in [0.15, 0.2) is 59.1 Å². The molecule has 0 aliphatic heterocycles. The highest BCUT2D eigenvalue weighted by Crippen LogP contribution is 2.35. The van der Waals surface area contributed by atoms with Crippen LogP contribution in [0.25, 0.3) is 33.8 Å². The lowest BCUT2D eigenvalue weighted by Crippen LogP contribution is -2.19. The fourth-order valence-electron chi connectivity index (χ4n) is 2.58. The molecule has 4 N–H and O–H groups in total. The van der Waals surface area contributed by atoms with Crippen molar-refractivity contribution in [2.45, 2.75) is 0 Å². The van der Waals surface area contributed by atoms with Gasteiger partial charge >= 0.3 is 6.03 Å². The molecule has 24 heavy (non-hydrogen) atoms. The van der Waals surface area contributed by atoms with Crippen LogP contribution in [0.4, 0.5) is 10.5 Å². The third-order valence-corrected chi connectivity index (χ3v) is 3.62. The Morgan fingerprint density at radius 3 is 2.71 bits per heavy atom. The first-order valence-corrected chi connectivity index (χ1v) is 7.27. The minimum absolute atomic E-state index is 0.453. The zero-order valence-corrected chi connectivity index (χ0v) is 12.5. The second-order valence-corrected chi connectivity index (χ2v) is 5.18.